The predicted octanol–water partition coefficient (Wildman–Crippen LogP) is 3.95. The molecule has 11 heteroatoms. The van der Waals surface area contributed by atoms with Gasteiger partial charge in [0.2, 0.25) is 5.91 Å². The van der Waals surface area contributed by atoms with Gasteiger partial charge in [-0.2, -0.15) is 0 Å². The van der Waals surface area contributed by atoms with Gasteiger partial charge in [0.1, 0.15) is 29.8 Å². The topological polar surface area (TPSA) is 139 Å². The summed E-state index contributed by atoms with van der Waals surface area (Å²) < 4.78 is 11.0. The summed E-state index contributed by atoms with van der Waals surface area (Å²) in [5.74, 6) is -1.53. The molecule has 1 fully saturated rings. The number of benzene rings is 1. The van der Waals surface area contributed by atoms with Gasteiger partial charge in [0, 0.05) is 18.1 Å². The number of fused-ring (bicyclic) bond motifs is 1. The maximum Gasteiger partial charge on any atom is 0.408 e. The molecule has 1 aliphatic heterocycles. The van der Waals surface area contributed by atoms with E-state index in [1.165, 1.54) is 11.9 Å². The molecule has 42 heavy (non-hydrogen) atoms. The van der Waals surface area contributed by atoms with Gasteiger partial charge < -0.3 is 20.1 Å². The number of hydrogen-bond acceptors (Lipinski definition) is 8. The van der Waals surface area contributed by atoms with Crippen LogP contribution in [0.5, 0.6) is 0 Å². The molecule has 3 rings (SSSR count). The second-order valence-corrected chi connectivity index (χ2v) is 11.5. The number of ether oxygens (including phenoxy) is 2. The van der Waals surface area contributed by atoms with Gasteiger partial charge in [-0.15, -0.1) is 0 Å². The quantitative estimate of drug-likeness (QED) is 0.300. The number of carbonyl (C=O) groups is 4. The van der Waals surface area contributed by atoms with Crippen molar-refractivity contribution in [2.45, 2.75) is 84.2 Å². The van der Waals surface area contributed by atoms with Crippen molar-refractivity contribution in [3.8, 4) is 0 Å². The second-order valence-electron chi connectivity index (χ2n) is 11.5. The summed E-state index contributed by atoms with van der Waals surface area (Å²) in [4.78, 5) is 55.6. The van der Waals surface area contributed by atoms with Crippen LogP contribution in [0.25, 0.3) is 16.8 Å². The zero-order valence-electron chi connectivity index (χ0n) is 25.2. The highest BCUT2D eigenvalue weighted by molar-refractivity contribution is 5.93. The lowest BCUT2D eigenvalue weighted by molar-refractivity contribution is -0.157. The Morgan fingerprint density at radius 2 is 1.86 bits per heavy atom. The molecule has 0 aliphatic carbocycles. The average molecular weight is 580 g/mol. The number of hydrazine groups is 1. The van der Waals surface area contributed by atoms with Crippen LogP contribution >= 0.6 is 0 Å². The Kier molecular flexibility index (Phi) is 10.5. The van der Waals surface area contributed by atoms with Crippen molar-refractivity contribution >= 4 is 40.7 Å². The van der Waals surface area contributed by atoms with Gasteiger partial charge in [-0.1, -0.05) is 25.3 Å². The van der Waals surface area contributed by atoms with E-state index < -0.39 is 53.7 Å². The summed E-state index contributed by atoms with van der Waals surface area (Å²) in [5.41, 5.74) is 4.15. The zero-order chi connectivity index (χ0) is 31.2. The Balaban J connectivity index is 1.59. The Hall–Kier alpha value is -4.25. The van der Waals surface area contributed by atoms with E-state index in [1.807, 2.05) is 24.3 Å². The van der Waals surface area contributed by atoms with Crippen LogP contribution in [0.1, 0.15) is 71.7 Å². The van der Waals surface area contributed by atoms with Crippen LogP contribution in [0.2, 0.25) is 0 Å². The summed E-state index contributed by atoms with van der Waals surface area (Å²) in [7, 11) is 0. The van der Waals surface area contributed by atoms with Crippen molar-refractivity contribution in [1.29, 1.82) is 0 Å². The number of nitrogens with one attached hydrogen (secondary N) is 3. The number of esters is 1. The first-order valence-electron chi connectivity index (χ1n) is 13.9. The lowest BCUT2D eigenvalue weighted by atomic mass is 10.0. The maximum atomic E-state index is 13.2. The molecule has 226 valence electrons. The minimum Gasteiger partial charge on any atom is -0.457 e. The molecule has 11 nitrogen and oxygen atoms in total. The van der Waals surface area contributed by atoms with Crippen LogP contribution in [0.15, 0.2) is 49.2 Å². The molecule has 3 amide bonds. The molecule has 0 unspecified atom stereocenters. The average Bonchev–Trinajstić information content (AvgIpc) is 2.93. The zero-order valence-corrected chi connectivity index (χ0v) is 25.2. The molecule has 0 saturated carbocycles. The second kappa shape index (κ2) is 13.6. The van der Waals surface area contributed by atoms with E-state index >= 15 is 0 Å². The van der Waals surface area contributed by atoms with Gasteiger partial charge in [-0.25, -0.2) is 10.2 Å². The Morgan fingerprint density at radius 1 is 1.14 bits per heavy atom. The third-order valence-electron chi connectivity index (χ3n) is 6.62. The number of nitrogens with zero attached hydrogens (tertiary/aromatic N) is 2. The van der Waals surface area contributed by atoms with E-state index in [9.17, 15) is 19.2 Å². The summed E-state index contributed by atoms with van der Waals surface area (Å²) in [6, 6.07) is 4.90. The SMILES string of the molecule is C=Cc1cc2cc([C@@H](C)OC(=O)[C@@H]3CCCN(C(=O)[C@H](C)NC(=O)[C@@H](NC(=O)OC(C)(C)C)C(=C)C)N3)ccc2cn1. The van der Waals surface area contributed by atoms with E-state index in [0.717, 1.165) is 22.0 Å². The normalized spacial score (nSPS) is 17.4. The van der Waals surface area contributed by atoms with Gasteiger partial charge in [-0.05, 0) is 89.1 Å². The van der Waals surface area contributed by atoms with Crippen molar-refractivity contribution in [1.82, 2.24) is 26.1 Å². The van der Waals surface area contributed by atoms with Gasteiger partial charge in [0.05, 0.1) is 5.69 Å². The molecular weight excluding hydrogens is 538 g/mol. The molecule has 1 aromatic heterocycles. The van der Waals surface area contributed by atoms with Crippen LogP contribution in [0, 0.1) is 0 Å². The lowest BCUT2D eigenvalue weighted by Crippen LogP contribution is -2.60. The molecule has 2 aromatic rings. The summed E-state index contributed by atoms with van der Waals surface area (Å²) >= 11 is 0. The molecule has 1 saturated heterocycles. The fraction of sp³-hybridized carbons (Fsp3) is 0.452. The van der Waals surface area contributed by atoms with Gasteiger partial charge >= 0.3 is 12.1 Å². The van der Waals surface area contributed by atoms with Crippen molar-refractivity contribution in [2.24, 2.45) is 0 Å². The summed E-state index contributed by atoms with van der Waals surface area (Å²) in [5, 5.41) is 8.34. The van der Waals surface area contributed by atoms with Crippen molar-refractivity contribution < 1.29 is 28.7 Å². The number of aromatic nitrogens is 1. The smallest absolute Gasteiger partial charge is 0.408 e. The van der Waals surface area contributed by atoms with Crippen LogP contribution in [0.3, 0.4) is 0 Å². The highest BCUT2D eigenvalue weighted by Crippen LogP contribution is 2.24. The lowest BCUT2D eigenvalue weighted by Gasteiger charge is -2.35. The number of hydrogen-bond donors (Lipinski definition) is 3. The minimum absolute atomic E-state index is 0.350. The standard InChI is InChI=1S/C31H41N5O6/c1-9-24-16-23-15-21(12-13-22(23)17-32-24)20(5)41-29(39)25-11-10-14-36(35-25)28(38)19(4)33-27(37)26(18(2)3)34-30(40)42-31(6,7)8/h9,12-13,15-17,19-20,25-26,35H,1-2,10-11,14H2,3-8H3,(H,33,37)(H,34,40)/t19-,20+,25-,26-/m0/s1. The molecule has 2 heterocycles. The van der Waals surface area contributed by atoms with Crippen LogP contribution in [0.4, 0.5) is 4.79 Å². The largest absolute Gasteiger partial charge is 0.457 e. The number of amides is 3. The molecular formula is C31H41N5O6. The van der Waals surface area contributed by atoms with Crippen LogP contribution in [-0.4, -0.2) is 64.1 Å². The number of pyridine rings is 1. The Labute approximate surface area is 246 Å². The van der Waals surface area contributed by atoms with Gasteiger partial charge in [-0.3, -0.25) is 24.4 Å². The minimum atomic E-state index is -1.09. The van der Waals surface area contributed by atoms with Gasteiger partial charge in [0.25, 0.3) is 5.91 Å². The third-order valence-corrected chi connectivity index (χ3v) is 6.62. The third kappa shape index (κ3) is 8.62. The Bertz CT molecular complexity index is 1370. The summed E-state index contributed by atoms with van der Waals surface area (Å²) in [6.07, 6.45) is 3.19. The van der Waals surface area contributed by atoms with Crippen LogP contribution in [-0.2, 0) is 23.9 Å². The molecule has 0 bridgehead atoms. The van der Waals surface area contributed by atoms with E-state index in [0.29, 0.717) is 25.0 Å². The van der Waals surface area contributed by atoms with E-state index in [1.54, 1.807) is 46.9 Å². The molecule has 0 radical (unpaired) electrons. The number of rotatable bonds is 9. The monoisotopic (exact) mass is 579 g/mol. The van der Waals surface area contributed by atoms with Gasteiger partial charge in [0.15, 0.2) is 0 Å². The van der Waals surface area contributed by atoms with Crippen LogP contribution < -0.4 is 16.1 Å². The van der Waals surface area contributed by atoms with Crippen molar-refractivity contribution in [3.63, 3.8) is 0 Å². The number of carbonyl (C=O) groups excluding carboxylic acids is 4. The Morgan fingerprint density at radius 3 is 2.50 bits per heavy atom. The number of alkyl carbamates (subject to hydrolysis) is 1. The molecule has 1 aliphatic rings. The van der Waals surface area contributed by atoms with E-state index in [2.05, 4.69) is 34.2 Å². The highest BCUT2D eigenvalue weighted by Gasteiger charge is 2.33. The molecule has 0 spiro atoms. The first kappa shape index (κ1) is 32.3. The molecule has 1 aromatic carbocycles. The summed E-state index contributed by atoms with van der Waals surface area (Å²) in [6.45, 7) is 17.9. The fourth-order valence-electron chi connectivity index (χ4n) is 4.41. The predicted molar refractivity (Wildman–Crippen MR) is 160 cm³/mol. The van der Waals surface area contributed by atoms with E-state index in [-0.39, 0.29) is 0 Å². The molecule has 4 atom stereocenters. The fourth-order valence-corrected chi connectivity index (χ4v) is 4.41. The van der Waals surface area contributed by atoms with Crippen molar-refractivity contribution in [2.75, 3.05) is 6.54 Å². The molecule has 3 N–H and O–H groups in total. The maximum absolute atomic E-state index is 13.2. The van der Waals surface area contributed by atoms with Crippen molar-refractivity contribution in [3.05, 3.63) is 60.5 Å². The highest BCUT2D eigenvalue weighted by atomic mass is 16.6. The van der Waals surface area contributed by atoms with E-state index in [4.69, 9.17) is 9.47 Å². The first-order chi connectivity index (χ1) is 19.7. The first-order valence-corrected chi connectivity index (χ1v) is 13.9.